The van der Waals surface area contributed by atoms with Gasteiger partial charge in [0.2, 0.25) is 0 Å². The highest BCUT2D eigenvalue weighted by Gasteiger charge is 2.17. The van der Waals surface area contributed by atoms with E-state index < -0.39 is 7.60 Å². The largest absolute Gasteiger partial charge is 0.339 e. The van der Waals surface area contributed by atoms with Gasteiger partial charge in [-0.25, -0.2) is 0 Å². The van der Waals surface area contributed by atoms with Gasteiger partial charge in [-0.1, -0.05) is 26.7 Å². The van der Waals surface area contributed by atoms with Gasteiger partial charge in [-0.3, -0.25) is 9.46 Å². The first kappa shape index (κ1) is 14.1. The lowest BCUT2D eigenvalue weighted by Gasteiger charge is -2.21. The fourth-order valence-electron chi connectivity index (χ4n) is 1.28. The van der Waals surface area contributed by atoms with E-state index in [1.54, 1.807) is 0 Å². The van der Waals surface area contributed by atoms with Crippen LogP contribution in [0.4, 0.5) is 0 Å². The molecule has 86 valence electrons. The Labute approximate surface area is 86.5 Å². The third-order valence-electron chi connectivity index (χ3n) is 2.04. The standard InChI is InChI=1S/C9H22NO3P/c1-3-5-7-10(8-6-4-2)9-14(11,12)13/h3-9H2,1-2H3,(H2,11,12,13). The summed E-state index contributed by atoms with van der Waals surface area (Å²) in [4.78, 5) is 19.6. The molecule has 0 aliphatic rings. The summed E-state index contributed by atoms with van der Waals surface area (Å²) in [6, 6.07) is 0. The molecule has 0 aliphatic carbocycles. The van der Waals surface area contributed by atoms with Crippen molar-refractivity contribution >= 4 is 7.60 Å². The van der Waals surface area contributed by atoms with Crippen molar-refractivity contribution in [3.05, 3.63) is 0 Å². The third kappa shape index (κ3) is 8.70. The topological polar surface area (TPSA) is 60.8 Å². The molecule has 4 nitrogen and oxygen atoms in total. The molecule has 0 atom stereocenters. The average molecular weight is 223 g/mol. The van der Waals surface area contributed by atoms with Gasteiger partial charge >= 0.3 is 7.60 Å². The first-order valence-corrected chi connectivity index (χ1v) is 7.06. The van der Waals surface area contributed by atoms with Crippen molar-refractivity contribution in [3.63, 3.8) is 0 Å². The average Bonchev–Trinajstić information content (AvgIpc) is 2.07. The van der Waals surface area contributed by atoms with E-state index in [4.69, 9.17) is 9.79 Å². The summed E-state index contributed by atoms with van der Waals surface area (Å²) >= 11 is 0. The number of hydrogen-bond acceptors (Lipinski definition) is 2. The van der Waals surface area contributed by atoms with Crippen LogP contribution in [0.1, 0.15) is 39.5 Å². The molecule has 0 bridgehead atoms. The highest BCUT2D eigenvalue weighted by molar-refractivity contribution is 7.51. The van der Waals surface area contributed by atoms with Crippen LogP contribution in [0.5, 0.6) is 0 Å². The van der Waals surface area contributed by atoms with Crippen LogP contribution in [0.25, 0.3) is 0 Å². The van der Waals surface area contributed by atoms with E-state index in [0.29, 0.717) is 0 Å². The molecule has 0 saturated carbocycles. The Hall–Kier alpha value is 0.110. The Morgan fingerprint density at radius 1 is 1.07 bits per heavy atom. The first-order valence-electron chi connectivity index (χ1n) is 5.26. The van der Waals surface area contributed by atoms with Gasteiger partial charge in [0.05, 0.1) is 0 Å². The maximum absolute atomic E-state index is 10.8. The van der Waals surface area contributed by atoms with Crippen LogP contribution in [0.15, 0.2) is 0 Å². The monoisotopic (exact) mass is 223 g/mol. The first-order chi connectivity index (χ1) is 6.49. The summed E-state index contributed by atoms with van der Waals surface area (Å²) in [6.45, 7) is 5.74. The summed E-state index contributed by atoms with van der Waals surface area (Å²) in [5, 5.41) is 0. The van der Waals surface area contributed by atoms with Crippen molar-refractivity contribution in [1.29, 1.82) is 0 Å². The molecule has 0 aromatic carbocycles. The summed E-state index contributed by atoms with van der Waals surface area (Å²) in [5.41, 5.74) is 0. The smallest absolute Gasteiger partial charge is 0.324 e. The van der Waals surface area contributed by atoms with E-state index in [-0.39, 0.29) is 6.29 Å². The molecule has 0 aliphatic heterocycles. The minimum absolute atomic E-state index is 0.0903. The highest BCUT2D eigenvalue weighted by Crippen LogP contribution is 2.35. The maximum Gasteiger partial charge on any atom is 0.339 e. The second-order valence-electron chi connectivity index (χ2n) is 3.63. The normalized spacial score (nSPS) is 12.4. The Bertz CT molecular complexity index is 173. The van der Waals surface area contributed by atoms with Gasteiger partial charge in [0.25, 0.3) is 0 Å². The summed E-state index contributed by atoms with van der Waals surface area (Å²) < 4.78 is 10.8. The lowest BCUT2D eigenvalue weighted by Crippen LogP contribution is -2.27. The van der Waals surface area contributed by atoms with E-state index in [1.807, 2.05) is 4.90 Å². The zero-order chi connectivity index (χ0) is 11.0. The van der Waals surface area contributed by atoms with Gasteiger partial charge in [-0.2, -0.15) is 0 Å². The second kappa shape index (κ2) is 7.41. The predicted octanol–water partition coefficient (Wildman–Crippen LogP) is 2.02. The van der Waals surface area contributed by atoms with Crippen LogP contribution in [-0.4, -0.2) is 34.1 Å². The molecule has 5 heteroatoms. The molecule has 0 fully saturated rings. The molecule has 0 unspecified atom stereocenters. The molecule has 0 spiro atoms. The molecule has 14 heavy (non-hydrogen) atoms. The Balaban J connectivity index is 3.90. The van der Waals surface area contributed by atoms with Gasteiger partial charge in [-0.05, 0) is 25.9 Å². The van der Waals surface area contributed by atoms with Crippen molar-refractivity contribution in [3.8, 4) is 0 Å². The van der Waals surface area contributed by atoms with Crippen LogP contribution >= 0.6 is 7.60 Å². The van der Waals surface area contributed by atoms with Crippen LogP contribution in [0.2, 0.25) is 0 Å². The highest BCUT2D eigenvalue weighted by atomic mass is 31.2. The zero-order valence-corrected chi connectivity index (χ0v) is 10.0. The van der Waals surface area contributed by atoms with E-state index in [1.165, 1.54) is 0 Å². The molecule has 0 aromatic heterocycles. The Morgan fingerprint density at radius 2 is 1.50 bits per heavy atom. The summed E-state index contributed by atoms with van der Waals surface area (Å²) in [7, 11) is -3.88. The van der Waals surface area contributed by atoms with Crippen LogP contribution < -0.4 is 0 Å². The fraction of sp³-hybridized carbons (Fsp3) is 1.00. The molecule has 0 saturated heterocycles. The molecule has 0 radical (unpaired) electrons. The van der Waals surface area contributed by atoms with Crippen molar-refractivity contribution in [2.75, 3.05) is 19.4 Å². The number of nitrogens with zero attached hydrogens (tertiary/aromatic N) is 1. The molecule has 0 aromatic rings. The maximum atomic E-state index is 10.8. The number of unbranched alkanes of at least 4 members (excludes halogenated alkanes) is 2. The summed E-state index contributed by atoms with van der Waals surface area (Å²) in [5.74, 6) is 0. The molecule has 2 N–H and O–H groups in total. The van der Waals surface area contributed by atoms with Crippen molar-refractivity contribution in [2.24, 2.45) is 0 Å². The van der Waals surface area contributed by atoms with E-state index in [2.05, 4.69) is 13.8 Å². The van der Waals surface area contributed by atoms with E-state index >= 15 is 0 Å². The van der Waals surface area contributed by atoms with E-state index in [9.17, 15) is 4.57 Å². The molecular weight excluding hydrogens is 201 g/mol. The lowest BCUT2D eigenvalue weighted by atomic mass is 10.3. The van der Waals surface area contributed by atoms with Crippen molar-refractivity contribution < 1.29 is 14.4 Å². The minimum atomic E-state index is -3.88. The van der Waals surface area contributed by atoms with Crippen LogP contribution in [0.3, 0.4) is 0 Å². The van der Waals surface area contributed by atoms with Gasteiger partial charge in [0.15, 0.2) is 0 Å². The molecule has 0 heterocycles. The zero-order valence-electron chi connectivity index (χ0n) is 9.15. The SMILES string of the molecule is CCCCN(CCCC)CP(=O)(O)O. The lowest BCUT2D eigenvalue weighted by molar-refractivity contribution is 0.269. The van der Waals surface area contributed by atoms with Gasteiger partial charge in [-0.15, -0.1) is 0 Å². The Kier molecular flexibility index (Phi) is 7.47. The third-order valence-corrected chi connectivity index (χ3v) is 2.81. The predicted molar refractivity (Wildman–Crippen MR) is 58.3 cm³/mol. The quantitative estimate of drug-likeness (QED) is 0.618. The van der Waals surface area contributed by atoms with Crippen molar-refractivity contribution in [2.45, 2.75) is 39.5 Å². The minimum Gasteiger partial charge on any atom is -0.324 e. The number of hydrogen-bond donors (Lipinski definition) is 2. The molecule has 0 amide bonds. The van der Waals surface area contributed by atoms with Gasteiger partial charge in [0.1, 0.15) is 6.29 Å². The molecular formula is C9H22NO3P. The Morgan fingerprint density at radius 3 is 1.79 bits per heavy atom. The van der Waals surface area contributed by atoms with Crippen molar-refractivity contribution in [1.82, 2.24) is 4.90 Å². The fourth-order valence-corrected chi connectivity index (χ4v) is 2.08. The van der Waals surface area contributed by atoms with Gasteiger partial charge in [0, 0.05) is 0 Å². The molecule has 0 rings (SSSR count). The van der Waals surface area contributed by atoms with Crippen LogP contribution in [-0.2, 0) is 4.57 Å². The summed E-state index contributed by atoms with van der Waals surface area (Å²) in [6.07, 6.45) is 4.04. The van der Waals surface area contributed by atoms with E-state index in [0.717, 1.165) is 38.8 Å². The van der Waals surface area contributed by atoms with Crippen LogP contribution in [0, 0.1) is 0 Å². The van der Waals surface area contributed by atoms with Gasteiger partial charge < -0.3 is 9.79 Å². The second-order valence-corrected chi connectivity index (χ2v) is 5.24. The number of rotatable bonds is 8.